The van der Waals surface area contributed by atoms with Gasteiger partial charge in [-0.25, -0.2) is 19.9 Å². The number of para-hydroxylation sites is 4. The quantitative estimate of drug-likeness (QED) is 0.116. The van der Waals surface area contributed by atoms with Gasteiger partial charge in [-0.1, -0.05) is 233 Å². The number of halogens is 3. The van der Waals surface area contributed by atoms with Gasteiger partial charge in [0.05, 0.1) is 44.8 Å². The van der Waals surface area contributed by atoms with Gasteiger partial charge in [0, 0.05) is 81.6 Å². The molecule has 2 aliphatic rings. The molecule has 0 unspecified atom stereocenters. The van der Waals surface area contributed by atoms with Crippen LogP contribution in [0.4, 0.5) is 0 Å². The van der Waals surface area contributed by atoms with Gasteiger partial charge in [-0.2, -0.15) is 0 Å². The van der Waals surface area contributed by atoms with Gasteiger partial charge in [0.2, 0.25) is 5.28 Å². The lowest BCUT2D eigenvalue weighted by molar-refractivity contribution is 0.426. The molecule has 12 aromatic carbocycles. The Morgan fingerprint density at radius 2 is 0.694 bits per heavy atom. The van der Waals surface area contributed by atoms with Crippen LogP contribution in [0.5, 0.6) is 0 Å². The zero-order valence-electron chi connectivity index (χ0n) is 54.0. The Kier molecular flexibility index (Phi) is 15.9. The summed E-state index contributed by atoms with van der Waals surface area (Å²) in [6.07, 6.45) is 0. The van der Waals surface area contributed by atoms with E-state index in [1.54, 1.807) is 6.07 Å². The van der Waals surface area contributed by atoms with E-state index in [0.717, 1.165) is 94.7 Å². The SMILES string of the molecule is CC1(C)c2ccccc2-c2ccc(-c3cc(-c4cccc(Cl)c4)nc(-c4ccc5c(c4)c4ccccc4n5-c4ccccc4)n3)cc21.CC1(C)c2ccccc2-c2ccc(-c3cc(-c4cccc(Cl)c4)nc(Cl)n3)cc21.OB(O)c1ccc2c(c1)c1ccccc1n2-c1ccccc1. The first-order valence-electron chi connectivity index (χ1n) is 32.6. The molecule has 0 spiro atoms. The maximum Gasteiger partial charge on any atom is 0.488 e. The normalized spacial score (nSPS) is 12.9. The van der Waals surface area contributed by atoms with Gasteiger partial charge in [-0.3, -0.25) is 0 Å². The molecule has 0 saturated heterocycles. The largest absolute Gasteiger partial charge is 0.488 e. The monoisotopic (exact) mass is 1330 g/mol. The van der Waals surface area contributed by atoms with Crippen molar-refractivity contribution in [1.82, 2.24) is 29.1 Å². The van der Waals surface area contributed by atoms with Crippen LogP contribution in [0.25, 0.3) is 134 Å². The molecular formula is C86H62BCl3N6O2. The Balaban J connectivity index is 0.000000125. The van der Waals surface area contributed by atoms with E-state index in [9.17, 15) is 10.0 Å². The lowest BCUT2D eigenvalue weighted by Crippen LogP contribution is -2.29. The molecule has 472 valence electrons. The molecule has 0 aliphatic heterocycles. The number of benzene rings is 12. The van der Waals surface area contributed by atoms with E-state index in [0.29, 0.717) is 21.3 Å². The van der Waals surface area contributed by atoms with Crippen molar-refractivity contribution >= 4 is 91.0 Å². The molecule has 0 saturated carbocycles. The third kappa shape index (κ3) is 11.1. The number of rotatable bonds is 8. The minimum Gasteiger partial charge on any atom is -0.423 e. The van der Waals surface area contributed by atoms with Crippen LogP contribution in [0.3, 0.4) is 0 Å². The third-order valence-electron chi connectivity index (χ3n) is 19.4. The van der Waals surface area contributed by atoms with Crippen molar-refractivity contribution in [2.75, 3.05) is 0 Å². The van der Waals surface area contributed by atoms with Crippen molar-refractivity contribution in [1.29, 1.82) is 0 Å². The summed E-state index contributed by atoms with van der Waals surface area (Å²) < 4.78 is 4.52. The summed E-state index contributed by atoms with van der Waals surface area (Å²) in [6.45, 7) is 9.16. The van der Waals surface area contributed by atoms with Crippen LogP contribution >= 0.6 is 34.8 Å². The maximum absolute atomic E-state index is 9.43. The van der Waals surface area contributed by atoms with Gasteiger partial charge in [-0.05, 0) is 171 Å². The molecule has 12 heteroatoms. The summed E-state index contributed by atoms with van der Waals surface area (Å²) in [5, 5.41) is 24.9. The van der Waals surface area contributed by atoms with Crippen molar-refractivity contribution < 1.29 is 10.0 Å². The Morgan fingerprint density at radius 3 is 1.17 bits per heavy atom. The average molecular weight is 1330 g/mol. The third-order valence-corrected chi connectivity index (χ3v) is 20.0. The van der Waals surface area contributed by atoms with E-state index in [1.165, 1.54) is 55.4 Å². The number of hydrogen-bond donors (Lipinski definition) is 2. The van der Waals surface area contributed by atoms with E-state index >= 15 is 0 Å². The lowest BCUT2D eigenvalue weighted by Gasteiger charge is -2.22. The summed E-state index contributed by atoms with van der Waals surface area (Å²) in [5.74, 6) is 0.680. The second-order valence-electron chi connectivity index (χ2n) is 26.0. The van der Waals surface area contributed by atoms with Crippen LogP contribution < -0.4 is 5.46 Å². The van der Waals surface area contributed by atoms with Crippen LogP contribution in [-0.2, 0) is 10.8 Å². The fourth-order valence-corrected chi connectivity index (χ4v) is 15.1. The van der Waals surface area contributed by atoms with E-state index in [2.05, 4.69) is 241 Å². The van der Waals surface area contributed by atoms with Crippen molar-refractivity contribution in [3.05, 3.63) is 329 Å². The van der Waals surface area contributed by atoms with Crippen molar-refractivity contribution in [3.63, 3.8) is 0 Å². The summed E-state index contributed by atoms with van der Waals surface area (Å²) in [7, 11) is -1.46. The first-order valence-corrected chi connectivity index (χ1v) is 33.8. The van der Waals surface area contributed by atoms with Gasteiger partial charge < -0.3 is 19.2 Å². The predicted molar refractivity (Wildman–Crippen MR) is 406 cm³/mol. The molecule has 0 radical (unpaired) electrons. The molecule has 2 N–H and O–H groups in total. The Hall–Kier alpha value is -10.7. The Bertz CT molecular complexity index is 5810. The van der Waals surface area contributed by atoms with Crippen LogP contribution in [0.1, 0.15) is 49.9 Å². The van der Waals surface area contributed by atoms with Crippen LogP contribution in [0, 0.1) is 0 Å². The molecule has 2 aliphatic carbocycles. The van der Waals surface area contributed by atoms with Gasteiger partial charge in [0.1, 0.15) is 0 Å². The highest BCUT2D eigenvalue weighted by atomic mass is 35.5. The zero-order chi connectivity index (χ0) is 67.0. The van der Waals surface area contributed by atoms with Crippen molar-refractivity contribution in [2.45, 2.75) is 38.5 Å². The smallest absolute Gasteiger partial charge is 0.423 e. The van der Waals surface area contributed by atoms with Crippen LogP contribution in [0.2, 0.25) is 15.3 Å². The number of hydrogen-bond acceptors (Lipinski definition) is 6. The van der Waals surface area contributed by atoms with Crippen LogP contribution in [-0.4, -0.2) is 46.2 Å². The zero-order valence-corrected chi connectivity index (χ0v) is 56.3. The summed E-state index contributed by atoms with van der Waals surface area (Å²) >= 11 is 18.9. The molecule has 18 rings (SSSR count). The van der Waals surface area contributed by atoms with Gasteiger partial charge >= 0.3 is 7.12 Å². The van der Waals surface area contributed by atoms with E-state index < -0.39 is 7.12 Å². The topological polar surface area (TPSA) is 102 Å². The minimum atomic E-state index is -1.46. The first-order chi connectivity index (χ1) is 47.6. The number of fused-ring (bicyclic) bond motifs is 12. The lowest BCUT2D eigenvalue weighted by atomic mass is 9.80. The molecule has 0 atom stereocenters. The molecule has 0 bridgehead atoms. The molecule has 4 heterocycles. The standard InChI is InChI=1S/C43H30ClN3.C25H18Cl2N2.C18H14BNO2/c1-43(2)36-17-8-6-15-32(36)33-21-19-28(25-37(33)43)39-26-38(27-11-10-12-30(44)23-27)45-42(46-39)29-20-22-41-35(24-29)34-16-7-9-18-40(34)47(41)31-13-4-3-5-14-31;1-25(2)20-9-4-3-8-18(20)19-11-10-16(13-21(19)25)23-14-22(28-24(27)29-23)15-6-5-7-17(26)12-15;21-19(22)13-10-11-18-16(12-13)15-8-4-5-9-17(15)20(18)14-6-2-1-3-7-14/h3-26H,1-2H3;3-14H,1-2H3;1-12,21-22H. The molecule has 0 amide bonds. The second-order valence-corrected chi connectivity index (χ2v) is 27.2. The minimum absolute atomic E-state index is 0.0610. The summed E-state index contributed by atoms with van der Waals surface area (Å²) in [5.41, 5.74) is 25.8. The molecule has 98 heavy (non-hydrogen) atoms. The molecule has 8 nitrogen and oxygen atoms in total. The average Bonchev–Trinajstić information content (AvgIpc) is 1.60. The number of nitrogens with zero attached hydrogens (tertiary/aromatic N) is 6. The highest BCUT2D eigenvalue weighted by Gasteiger charge is 2.37. The Morgan fingerprint density at radius 1 is 0.306 bits per heavy atom. The van der Waals surface area contributed by atoms with E-state index in [-0.39, 0.29) is 16.1 Å². The van der Waals surface area contributed by atoms with Gasteiger partial charge in [0.15, 0.2) is 5.82 Å². The molecule has 0 fully saturated rings. The predicted octanol–water partition coefficient (Wildman–Crippen LogP) is 21.4. The molecule has 4 aromatic heterocycles. The van der Waals surface area contributed by atoms with E-state index in [1.807, 2.05) is 91.0 Å². The highest BCUT2D eigenvalue weighted by Crippen LogP contribution is 2.51. The summed E-state index contributed by atoms with van der Waals surface area (Å²) in [4.78, 5) is 19.3. The van der Waals surface area contributed by atoms with Gasteiger partial charge in [-0.15, -0.1) is 0 Å². The Labute approximate surface area is 583 Å². The molecule has 16 aromatic rings. The van der Waals surface area contributed by atoms with Crippen molar-refractivity contribution in [2.24, 2.45) is 0 Å². The van der Waals surface area contributed by atoms with Crippen LogP contribution in [0.15, 0.2) is 291 Å². The van der Waals surface area contributed by atoms with E-state index in [4.69, 9.17) is 44.8 Å². The fraction of sp³-hybridized carbons (Fsp3) is 0.0698. The summed E-state index contributed by atoms with van der Waals surface area (Å²) in [6, 6.07) is 99.7. The first kappa shape index (κ1) is 62.1. The van der Waals surface area contributed by atoms with Crippen molar-refractivity contribution in [3.8, 4) is 90.0 Å². The fourth-order valence-electron chi connectivity index (χ4n) is 14.6. The molecular weight excluding hydrogens is 1270 g/mol. The van der Waals surface area contributed by atoms with Gasteiger partial charge in [0.25, 0.3) is 0 Å². The highest BCUT2D eigenvalue weighted by molar-refractivity contribution is 6.59. The second kappa shape index (κ2) is 25.0. The maximum atomic E-state index is 9.43. The number of aromatic nitrogens is 6.